The molecule has 0 rings (SSSR count). The maximum absolute atomic E-state index is 6.47. The topological polar surface area (TPSA) is 0 Å². The van der Waals surface area contributed by atoms with E-state index in [0.717, 1.165) is 12.8 Å². The molecule has 68 valence electrons. The van der Waals surface area contributed by atoms with Crippen molar-refractivity contribution in [2.75, 3.05) is 0 Å². The minimum atomic E-state index is 0.0729. The number of rotatable bonds is 5. The second-order valence-electron chi connectivity index (χ2n) is 3.26. The average Bonchev–Trinajstić information content (AvgIpc) is 2.06. The molecule has 0 nitrogen and oxygen atoms in total. The molecule has 0 saturated heterocycles. The molecule has 0 bridgehead atoms. The Hall–Kier alpha value is 0.290. The van der Waals surface area contributed by atoms with Crippen LogP contribution >= 0.6 is 11.6 Å². The Morgan fingerprint density at radius 1 is 1.00 bits per heavy atom. The first kappa shape index (κ1) is 11.3. The van der Waals surface area contributed by atoms with Crippen LogP contribution in [0.15, 0.2) is 0 Å². The van der Waals surface area contributed by atoms with Gasteiger partial charge in [-0.1, -0.05) is 40.5 Å². The van der Waals surface area contributed by atoms with Crippen LogP contribution < -0.4 is 0 Å². The van der Waals surface area contributed by atoms with E-state index in [1.165, 1.54) is 12.8 Å². The molecule has 0 radical (unpaired) electrons. The Kier molecular flexibility index (Phi) is 5.16. The molecule has 0 unspecified atom stereocenters. The lowest BCUT2D eigenvalue weighted by Gasteiger charge is -2.32. The van der Waals surface area contributed by atoms with Crippen LogP contribution in [0, 0.1) is 5.92 Å². The van der Waals surface area contributed by atoms with Crippen molar-refractivity contribution in [3.8, 4) is 0 Å². The Morgan fingerprint density at radius 3 is 1.45 bits per heavy atom. The molecular weight excluding hydrogens is 156 g/mol. The molecule has 0 atom stereocenters. The number of hydrogen-bond donors (Lipinski definition) is 0. The van der Waals surface area contributed by atoms with E-state index in [1.54, 1.807) is 0 Å². The highest BCUT2D eigenvalue weighted by Crippen LogP contribution is 2.36. The molecule has 1 heteroatoms. The molecule has 0 N–H and O–H groups in total. The van der Waals surface area contributed by atoms with E-state index in [2.05, 4.69) is 27.7 Å². The van der Waals surface area contributed by atoms with E-state index in [-0.39, 0.29) is 4.87 Å². The molecule has 11 heavy (non-hydrogen) atoms. The van der Waals surface area contributed by atoms with Gasteiger partial charge in [-0.3, -0.25) is 0 Å². The number of alkyl halides is 1. The second kappa shape index (κ2) is 5.03. The summed E-state index contributed by atoms with van der Waals surface area (Å²) in [4.78, 5) is 0.0729. The van der Waals surface area contributed by atoms with Gasteiger partial charge in [-0.15, -0.1) is 11.6 Å². The summed E-state index contributed by atoms with van der Waals surface area (Å²) in [5.41, 5.74) is 0. The van der Waals surface area contributed by atoms with Crippen LogP contribution in [0.25, 0.3) is 0 Å². The van der Waals surface area contributed by atoms with Gasteiger partial charge in [-0.2, -0.15) is 0 Å². The summed E-state index contributed by atoms with van der Waals surface area (Å²) < 4.78 is 0. The lowest BCUT2D eigenvalue weighted by Crippen LogP contribution is -2.29. The number of hydrogen-bond acceptors (Lipinski definition) is 0. The lowest BCUT2D eigenvalue weighted by atomic mass is 9.83. The fourth-order valence-electron chi connectivity index (χ4n) is 1.85. The van der Waals surface area contributed by atoms with Crippen molar-refractivity contribution < 1.29 is 0 Å². The third kappa shape index (κ3) is 2.66. The minimum Gasteiger partial charge on any atom is -0.119 e. The summed E-state index contributed by atoms with van der Waals surface area (Å²) >= 11 is 6.47. The van der Waals surface area contributed by atoms with Crippen molar-refractivity contribution in [3.63, 3.8) is 0 Å². The summed E-state index contributed by atoms with van der Waals surface area (Å²) in [7, 11) is 0. The zero-order valence-electron chi connectivity index (χ0n) is 8.28. The fourth-order valence-corrected chi connectivity index (χ4v) is 2.16. The summed E-state index contributed by atoms with van der Waals surface area (Å²) in [6.45, 7) is 8.84. The van der Waals surface area contributed by atoms with Gasteiger partial charge in [-0.25, -0.2) is 0 Å². The van der Waals surface area contributed by atoms with Crippen LogP contribution in [0.2, 0.25) is 0 Å². The molecule has 0 aromatic heterocycles. The molecule has 0 saturated carbocycles. The van der Waals surface area contributed by atoms with E-state index in [1.807, 2.05) is 0 Å². The molecule has 0 aromatic carbocycles. The van der Waals surface area contributed by atoms with Gasteiger partial charge >= 0.3 is 0 Å². The average molecular weight is 177 g/mol. The van der Waals surface area contributed by atoms with E-state index in [4.69, 9.17) is 11.6 Å². The molecule has 0 spiro atoms. The first-order valence-corrected chi connectivity index (χ1v) is 5.21. The van der Waals surface area contributed by atoms with Crippen molar-refractivity contribution >= 4 is 11.6 Å². The zero-order valence-corrected chi connectivity index (χ0v) is 9.04. The Morgan fingerprint density at radius 2 is 1.36 bits per heavy atom. The van der Waals surface area contributed by atoms with Crippen molar-refractivity contribution in [2.24, 2.45) is 5.92 Å². The lowest BCUT2D eigenvalue weighted by molar-refractivity contribution is 0.327. The van der Waals surface area contributed by atoms with Gasteiger partial charge in [0.25, 0.3) is 0 Å². The standard InChI is InChI=1S/C10H21Cl/c1-5-9(6-2)10(11,7-3)8-4/h9H,5-8H2,1-4H3. The highest BCUT2D eigenvalue weighted by molar-refractivity contribution is 6.24. The summed E-state index contributed by atoms with van der Waals surface area (Å²) in [5, 5.41) is 0. The van der Waals surface area contributed by atoms with Gasteiger partial charge < -0.3 is 0 Å². The van der Waals surface area contributed by atoms with Crippen molar-refractivity contribution in [1.82, 2.24) is 0 Å². The van der Waals surface area contributed by atoms with Gasteiger partial charge in [-0.05, 0) is 18.8 Å². The van der Waals surface area contributed by atoms with E-state index in [0.29, 0.717) is 5.92 Å². The van der Waals surface area contributed by atoms with Gasteiger partial charge in [0.2, 0.25) is 0 Å². The predicted octanol–water partition coefficient (Wildman–Crippen LogP) is 4.22. The zero-order chi connectivity index (χ0) is 8.91. The van der Waals surface area contributed by atoms with E-state index < -0.39 is 0 Å². The maximum Gasteiger partial charge on any atom is 0.0469 e. The van der Waals surface area contributed by atoms with Crippen LogP contribution in [0.5, 0.6) is 0 Å². The molecular formula is C10H21Cl. The van der Waals surface area contributed by atoms with Crippen molar-refractivity contribution in [3.05, 3.63) is 0 Å². The quantitative estimate of drug-likeness (QED) is 0.551. The largest absolute Gasteiger partial charge is 0.119 e. The van der Waals surface area contributed by atoms with Crippen LogP contribution in [-0.4, -0.2) is 4.87 Å². The molecule has 0 heterocycles. The normalized spacial score (nSPS) is 12.5. The van der Waals surface area contributed by atoms with Gasteiger partial charge in [0.1, 0.15) is 0 Å². The summed E-state index contributed by atoms with van der Waals surface area (Å²) in [6.07, 6.45) is 4.61. The number of halogens is 1. The second-order valence-corrected chi connectivity index (χ2v) is 4.01. The third-order valence-electron chi connectivity index (χ3n) is 2.89. The van der Waals surface area contributed by atoms with Crippen LogP contribution in [0.1, 0.15) is 53.4 Å². The third-order valence-corrected chi connectivity index (χ3v) is 3.74. The van der Waals surface area contributed by atoms with E-state index in [9.17, 15) is 0 Å². The minimum absolute atomic E-state index is 0.0729. The van der Waals surface area contributed by atoms with Crippen LogP contribution in [-0.2, 0) is 0 Å². The Bertz CT molecular complexity index is 91.0. The molecule has 0 aliphatic carbocycles. The van der Waals surface area contributed by atoms with E-state index >= 15 is 0 Å². The summed E-state index contributed by atoms with van der Waals surface area (Å²) in [6, 6.07) is 0. The highest BCUT2D eigenvalue weighted by Gasteiger charge is 2.30. The smallest absolute Gasteiger partial charge is 0.0469 e. The first-order valence-electron chi connectivity index (χ1n) is 4.83. The van der Waals surface area contributed by atoms with Crippen LogP contribution in [0.4, 0.5) is 0 Å². The van der Waals surface area contributed by atoms with Gasteiger partial charge in [0, 0.05) is 4.87 Å². The van der Waals surface area contributed by atoms with Gasteiger partial charge in [0.05, 0.1) is 0 Å². The van der Waals surface area contributed by atoms with Crippen molar-refractivity contribution in [2.45, 2.75) is 58.3 Å². The Labute approximate surface area is 76.3 Å². The van der Waals surface area contributed by atoms with Crippen LogP contribution in [0.3, 0.4) is 0 Å². The monoisotopic (exact) mass is 176 g/mol. The molecule has 0 aromatic rings. The Balaban J connectivity index is 4.19. The SMILES string of the molecule is CCC(CC)C(Cl)(CC)CC. The fraction of sp³-hybridized carbons (Fsp3) is 1.00. The first-order chi connectivity index (χ1) is 5.14. The molecule has 0 aliphatic heterocycles. The van der Waals surface area contributed by atoms with Gasteiger partial charge in [0.15, 0.2) is 0 Å². The molecule has 0 aliphatic rings. The predicted molar refractivity (Wildman–Crippen MR) is 53.2 cm³/mol. The molecule has 0 fully saturated rings. The summed E-state index contributed by atoms with van der Waals surface area (Å²) in [5.74, 6) is 0.694. The molecule has 0 amide bonds. The highest BCUT2D eigenvalue weighted by atomic mass is 35.5. The van der Waals surface area contributed by atoms with Crippen molar-refractivity contribution in [1.29, 1.82) is 0 Å². The maximum atomic E-state index is 6.47.